The third-order valence-corrected chi connectivity index (χ3v) is 4.72. The summed E-state index contributed by atoms with van der Waals surface area (Å²) in [6, 6.07) is 30.5. The Hall–Kier alpha value is -2.33. The van der Waals surface area contributed by atoms with Gasteiger partial charge in [-0.25, -0.2) is 0 Å². The summed E-state index contributed by atoms with van der Waals surface area (Å²) in [5, 5.41) is 24.7. The van der Waals surface area contributed by atoms with E-state index < -0.39 is 0 Å². The molecule has 0 aromatic heterocycles. The molecule has 2 nitrogen and oxygen atoms in total. The van der Waals surface area contributed by atoms with Crippen molar-refractivity contribution >= 4 is 0 Å². The standard InChI is InChI=1S/C25H20O2.2Li/c26-24-13-11-20(18-7-3-1-4-8-18)15-22(24)17-23-16-21(12-14-25(23)27)19-9-5-2-6-10-19;;/h1-16,26-27H,17H2;;/q;2*+1/p-2. The topological polar surface area (TPSA) is 46.1 Å². The van der Waals surface area contributed by atoms with E-state index in [1.165, 1.54) is 0 Å². The molecule has 0 radical (unpaired) electrons. The fourth-order valence-electron chi connectivity index (χ4n) is 3.26. The number of benzene rings is 4. The van der Waals surface area contributed by atoms with E-state index in [1.54, 1.807) is 12.1 Å². The van der Waals surface area contributed by atoms with Gasteiger partial charge in [-0.05, 0) is 28.7 Å². The molecule has 132 valence electrons. The van der Waals surface area contributed by atoms with Gasteiger partial charge in [-0.1, -0.05) is 108 Å². The van der Waals surface area contributed by atoms with Gasteiger partial charge in [-0.15, -0.1) is 11.5 Å². The zero-order valence-electron chi connectivity index (χ0n) is 16.8. The van der Waals surface area contributed by atoms with Gasteiger partial charge < -0.3 is 10.2 Å². The number of rotatable bonds is 4. The van der Waals surface area contributed by atoms with Crippen LogP contribution in [0.1, 0.15) is 11.1 Å². The van der Waals surface area contributed by atoms with Crippen LogP contribution >= 0.6 is 0 Å². The molecule has 0 aliphatic rings. The second kappa shape index (κ2) is 10.5. The minimum absolute atomic E-state index is 0. The molecular formula is C25H18Li2O2. The molecule has 0 aliphatic carbocycles. The van der Waals surface area contributed by atoms with E-state index in [2.05, 4.69) is 0 Å². The predicted octanol–water partition coefficient (Wildman–Crippen LogP) is -1.23. The first-order valence-electron chi connectivity index (χ1n) is 8.91. The van der Waals surface area contributed by atoms with Gasteiger partial charge in [-0.3, -0.25) is 0 Å². The van der Waals surface area contributed by atoms with Gasteiger partial charge in [0.05, 0.1) is 0 Å². The van der Waals surface area contributed by atoms with Crippen LogP contribution < -0.4 is 47.9 Å². The van der Waals surface area contributed by atoms with Gasteiger partial charge in [0.2, 0.25) is 0 Å². The molecular weight excluding hydrogens is 346 g/mol. The predicted molar refractivity (Wildman–Crippen MR) is 105 cm³/mol. The fourth-order valence-corrected chi connectivity index (χ4v) is 3.26. The van der Waals surface area contributed by atoms with Gasteiger partial charge in [-0.2, -0.15) is 0 Å². The maximum absolute atomic E-state index is 12.4. The third kappa shape index (κ3) is 5.39. The molecule has 29 heavy (non-hydrogen) atoms. The van der Waals surface area contributed by atoms with Gasteiger partial charge in [0, 0.05) is 0 Å². The molecule has 4 heteroatoms. The Bertz CT molecular complexity index is 978. The smallest absolute Gasteiger partial charge is 0.872 e. The van der Waals surface area contributed by atoms with Crippen molar-refractivity contribution in [2.24, 2.45) is 0 Å². The van der Waals surface area contributed by atoms with Crippen LogP contribution in [-0.4, -0.2) is 0 Å². The Balaban J connectivity index is 0.00000150. The molecule has 0 atom stereocenters. The molecule has 4 aromatic carbocycles. The second-order valence-corrected chi connectivity index (χ2v) is 6.55. The first-order valence-corrected chi connectivity index (χ1v) is 8.91. The van der Waals surface area contributed by atoms with E-state index in [0.29, 0.717) is 17.5 Å². The largest absolute Gasteiger partial charge is 1.00 e. The first kappa shape index (κ1) is 23.0. The number of hydrogen-bond acceptors (Lipinski definition) is 2. The van der Waals surface area contributed by atoms with Crippen molar-refractivity contribution in [3.8, 4) is 33.8 Å². The molecule has 0 bridgehead atoms. The molecule has 0 unspecified atom stereocenters. The Morgan fingerprint density at radius 1 is 0.448 bits per heavy atom. The van der Waals surface area contributed by atoms with Crippen LogP contribution in [0.25, 0.3) is 22.3 Å². The summed E-state index contributed by atoms with van der Waals surface area (Å²) >= 11 is 0. The Labute approximate surface area is 195 Å². The summed E-state index contributed by atoms with van der Waals surface area (Å²) in [5.74, 6) is -0.0848. The zero-order chi connectivity index (χ0) is 18.6. The monoisotopic (exact) mass is 364 g/mol. The summed E-state index contributed by atoms with van der Waals surface area (Å²) in [6.45, 7) is 0. The summed E-state index contributed by atoms with van der Waals surface area (Å²) in [5.41, 5.74) is 5.35. The summed E-state index contributed by atoms with van der Waals surface area (Å²) in [4.78, 5) is 0. The molecule has 0 saturated heterocycles. The molecule has 0 spiro atoms. The second-order valence-electron chi connectivity index (χ2n) is 6.55. The van der Waals surface area contributed by atoms with E-state index >= 15 is 0 Å². The maximum atomic E-state index is 12.4. The van der Waals surface area contributed by atoms with Crippen molar-refractivity contribution in [2.45, 2.75) is 6.42 Å². The van der Waals surface area contributed by atoms with Crippen molar-refractivity contribution in [1.82, 2.24) is 0 Å². The van der Waals surface area contributed by atoms with Gasteiger partial charge >= 0.3 is 37.7 Å². The van der Waals surface area contributed by atoms with Crippen molar-refractivity contribution in [1.29, 1.82) is 0 Å². The van der Waals surface area contributed by atoms with Crippen LogP contribution in [0.15, 0.2) is 97.1 Å². The average molecular weight is 364 g/mol. The minimum atomic E-state index is -0.0424. The average Bonchev–Trinajstić information content (AvgIpc) is 2.72. The molecule has 4 rings (SSSR count). The summed E-state index contributed by atoms with van der Waals surface area (Å²) < 4.78 is 0. The van der Waals surface area contributed by atoms with Crippen LogP contribution in [0.5, 0.6) is 11.5 Å². The maximum Gasteiger partial charge on any atom is 1.00 e. The van der Waals surface area contributed by atoms with Crippen molar-refractivity contribution in [3.63, 3.8) is 0 Å². The molecule has 0 N–H and O–H groups in total. The van der Waals surface area contributed by atoms with Crippen LogP contribution in [0, 0.1) is 0 Å². The van der Waals surface area contributed by atoms with Crippen LogP contribution in [0.2, 0.25) is 0 Å². The van der Waals surface area contributed by atoms with Crippen molar-refractivity contribution in [2.75, 3.05) is 0 Å². The quantitative estimate of drug-likeness (QED) is 0.426. The van der Waals surface area contributed by atoms with E-state index in [4.69, 9.17) is 0 Å². The van der Waals surface area contributed by atoms with E-state index in [-0.39, 0.29) is 49.2 Å². The van der Waals surface area contributed by atoms with Crippen LogP contribution in [-0.2, 0) is 6.42 Å². The van der Waals surface area contributed by atoms with Gasteiger partial charge in [0.1, 0.15) is 0 Å². The minimum Gasteiger partial charge on any atom is -0.872 e. The summed E-state index contributed by atoms with van der Waals surface area (Å²) in [7, 11) is 0. The van der Waals surface area contributed by atoms with Gasteiger partial charge in [0.25, 0.3) is 0 Å². The normalized spacial score (nSPS) is 9.93. The van der Waals surface area contributed by atoms with Crippen LogP contribution in [0.4, 0.5) is 0 Å². The van der Waals surface area contributed by atoms with Crippen LogP contribution in [0.3, 0.4) is 0 Å². The van der Waals surface area contributed by atoms with E-state index in [9.17, 15) is 10.2 Å². The Morgan fingerprint density at radius 2 is 0.828 bits per heavy atom. The molecule has 0 saturated carbocycles. The van der Waals surface area contributed by atoms with Crippen molar-refractivity contribution < 1.29 is 47.9 Å². The third-order valence-electron chi connectivity index (χ3n) is 4.72. The van der Waals surface area contributed by atoms with Crippen molar-refractivity contribution in [3.05, 3.63) is 108 Å². The SMILES string of the molecule is [Li+].[Li+].[O-]c1ccc(-c2ccccc2)cc1Cc1cc(-c2ccccc2)ccc1[O-]. The van der Waals surface area contributed by atoms with E-state index in [0.717, 1.165) is 22.3 Å². The molecule has 0 fully saturated rings. The van der Waals surface area contributed by atoms with E-state index in [1.807, 2.05) is 84.9 Å². The summed E-state index contributed by atoms with van der Waals surface area (Å²) in [6.07, 6.45) is 0.332. The first-order chi connectivity index (χ1) is 13.2. The molecule has 0 amide bonds. The molecule has 0 heterocycles. The zero-order valence-corrected chi connectivity index (χ0v) is 16.8. The Kier molecular flexibility index (Phi) is 8.27. The molecule has 0 aliphatic heterocycles. The Morgan fingerprint density at radius 3 is 1.21 bits per heavy atom. The number of hydrogen-bond donors (Lipinski definition) is 0. The molecule has 4 aromatic rings. The van der Waals surface area contributed by atoms with Gasteiger partial charge in [0.15, 0.2) is 0 Å². The fraction of sp³-hybridized carbons (Fsp3) is 0.0400.